The average molecular weight is 421 g/mol. The molecule has 1 N–H and O–H groups in total. The summed E-state index contributed by atoms with van der Waals surface area (Å²) in [5.41, 5.74) is 1.60. The minimum Gasteiger partial charge on any atom is -0.388 e. The van der Waals surface area contributed by atoms with E-state index >= 15 is 0 Å². The van der Waals surface area contributed by atoms with Gasteiger partial charge in [0.2, 0.25) is 0 Å². The van der Waals surface area contributed by atoms with Crippen LogP contribution in [-0.2, 0) is 6.42 Å². The molecule has 1 nitrogen and oxygen atoms in total. The predicted molar refractivity (Wildman–Crippen MR) is 81.9 cm³/mol. The molecule has 0 heterocycles. The highest BCUT2D eigenvalue weighted by Gasteiger charge is 2.13. The van der Waals surface area contributed by atoms with Crippen LogP contribution in [-0.4, -0.2) is 5.11 Å². The summed E-state index contributed by atoms with van der Waals surface area (Å²) in [6, 6.07) is 12.3. The molecule has 0 spiro atoms. The Labute approximate surface area is 127 Å². The van der Waals surface area contributed by atoms with Crippen LogP contribution < -0.4 is 0 Å². The molecule has 4 heteroatoms. The molecule has 0 aliphatic carbocycles. The van der Waals surface area contributed by atoms with Crippen molar-refractivity contribution in [1.82, 2.24) is 0 Å². The SMILES string of the molecule is OC(Cc1ccc(I)cc1)c1cc(F)ccc1Br. The summed E-state index contributed by atoms with van der Waals surface area (Å²) in [6.07, 6.45) is -0.242. The van der Waals surface area contributed by atoms with Crippen LogP contribution in [0.4, 0.5) is 4.39 Å². The van der Waals surface area contributed by atoms with Crippen molar-refractivity contribution in [2.75, 3.05) is 0 Å². The van der Waals surface area contributed by atoms with E-state index in [1.165, 1.54) is 12.1 Å². The fraction of sp³-hybridized carbons (Fsp3) is 0.143. The van der Waals surface area contributed by atoms with Gasteiger partial charge in [-0.2, -0.15) is 0 Å². The number of aliphatic hydroxyl groups excluding tert-OH is 1. The minimum atomic E-state index is -0.713. The van der Waals surface area contributed by atoms with Gasteiger partial charge in [-0.25, -0.2) is 4.39 Å². The molecule has 0 bridgehead atoms. The second-order valence-corrected chi connectivity index (χ2v) is 6.11. The molecule has 1 atom stereocenters. The zero-order valence-corrected chi connectivity index (χ0v) is 13.2. The second kappa shape index (κ2) is 6.12. The molecule has 0 saturated heterocycles. The first-order valence-electron chi connectivity index (χ1n) is 5.44. The molecule has 0 aliphatic heterocycles. The Hall–Kier alpha value is -0.460. The lowest BCUT2D eigenvalue weighted by Crippen LogP contribution is -2.03. The van der Waals surface area contributed by atoms with Crippen molar-refractivity contribution < 1.29 is 9.50 Å². The van der Waals surface area contributed by atoms with Crippen LogP contribution in [0, 0.1) is 9.39 Å². The molecule has 1 unspecified atom stereocenters. The first-order chi connectivity index (χ1) is 8.56. The smallest absolute Gasteiger partial charge is 0.123 e. The van der Waals surface area contributed by atoms with Crippen LogP contribution >= 0.6 is 38.5 Å². The van der Waals surface area contributed by atoms with Crippen LogP contribution in [0.2, 0.25) is 0 Å². The Morgan fingerprint density at radius 1 is 1.17 bits per heavy atom. The summed E-state index contributed by atoms with van der Waals surface area (Å²) in [6.45, 7) is 0. The molecule has 0 fully saturated rings. The highest BCUT2D eigenvalue weighted by atomic mass is 127. The third kappa shape index (κ3) is 3.52. The number of benzene rings is 2. The lowest BCUT2D eigenvalue weighted by atomic mass is 10.0. The molecule has 2 rings (SSSR count). The number of rotatable bonds is 3. The van der Waals surface area contributed by atoms with Gasteiger partial charge in [-0.3, -0.25) is 0 Å². The van der Waals surface area contributed by atoms with E-state index in [9.17, 15) is 9.50 Å². The number of hydrogen-bond acceptors (Lipinski definition) is 1. The topological polar surface area (TPSA) is 20.2 Å². The van der Waals surface area contributed by atoms with Crippen LogP contribution in [0.5, 0.6) is 0 Å². The highest BCUT2D eigenvalue weighted by molar-refractivity contribution is 14.1. The van der Waals surface area contributed by atoms with Crippen LogP contribution in [0.25, 0.3) is 0 Å². The number of halogens is 3. The van der Waals surface area contributed by atoms with E-state index in [1.54, 1.807) is 6.07 Å². The molecule has 0 radical (unpaired) electrons. The van der Waals surface area contributed by atoms with E-state index in [0.29, 0.717) is 12.0 Å². The van der Waals surface area contributed by atoms with Crippen molar-refractivity contribution in [3.05, 3.63) is 67.5 Å². The third-order valence-electron chi connectivity index (χ3n) is 2.66. The third-order valence-corrected chi connectivity index (χ3v) is 4.10. The Bertz CT molecular complexity index is 542. The van der Waals surface area contributed by atoms with Crippen molar-refractivity contribution in [2.45, 2.75) is 12.5 Å². The van der Waals surface area contributed by atoms with Gasteiger partial charge in [-0.05, 0) is 64.0 Å². The maximum atomic E-state index is 13.2. The monoisotopic (exact) mass is 420 g/mol. The fourth-order valence-electron chi connectivity index (χ4n) is 1.72. The molecular formula is C14H11BrFIO. The molecule has 94 valence electrons. The standard InChI is InChI=1S/C14H11BrFIO/c15-13-6-3-10(16)8-12(13)14(18)7-9-1-4-11(17)5-2-9/h1-6,8,14,18H,7H2. The van der Waals surface area contributed by atoms with Gasteiger partial charge in [-0.15, -0.1) is 0 Å². The molecular weight excluding hydrogens is 410 g/mol. The van der Waals surface area contributed by atoms with E-state index in [-0.39, 0.29) is 5.82 Å². The maximum Gasteiger partial charge on any atom is 0.123 e. The minimum absolute atomic E-state index is 0.338. The van der Waals surface area contributed by atoms with Gasteiger partial charge in [0.1, 0.15) is 5.82 Å². The molecule has 0 aliphatic rings. The lowest BCUT2D eigenvalue weighted by molar-refractivity contribution is 0.177. The molecule has 2 aromatic rings. The maximum absolute atomic E-state index is 13.2. The van der Waals surface area contributed by atoms with E-state index in [4.69, 9.17) is 0 Å². The predicted octanol–water partition coefficient (Wildman–Crippen LogP) is 4.47. The van der Waals surface area contributed by atoms with Crippen LogP contribution in [0.15, 0.2) is 46.9 Å². The molecule has 0 saturated carbocycles. The van der Waals surface area contributed by atoms with Gasteiger partial charge < -0.3 is 5.11 Å². The van der Waals surface area contributed by atoms with Gasteiger partial charge in [-0.1, -0.05) is 28.1 Å². The summed E-state index contributed by atoms with van der Waals surface area (Å²) in [5.74, 6) is -0.338. The van der Waals surface area contributed by atoms with E-state index in [1.807, 2.05) is 24.3 Å². The molecule has 2 aromatic carbocycles. The van der Waals surface area contributed by atoms with Gasteiger partial charge in [0.05, 0.1) is 6.10 Å². The zero-order valence-electron chi connectivity index (χ0n) is 9.41. The Morgan fingerprint density at radius 2 is 1.83 bits per heavy atom. The largest absolute Gasteiger partial charge is 0.388 e. The van der Waals surface area contributed by atoms with Crippen molar-refractivity contribution in [3.8, 4) is 0 Å². The van der Waals surface area contributed by atoms with Gasteiger partial charge >= 0.3 is 0 Å². The summed E-state index contributed by atoms with van der Waals surface area (Å²) in [7, 11) is 0. The molecule has 0 aromatic heterocycles. The second-order valence-electron chi connectivity index (χ2n) is 4.01. The van der Waals surface area contributed by atoms with E-state index in [0.717, 1.165) is 13.6 Å². The summed E-state index contributed by atoms with van der Waals surface area (Å²) >= 11 is 5.56. The first kappa shape index (κ1) is 14.0. The number of aliphatic hydroxyl groups is 1. The van der Waals surface area contributed by atoms with Crippen LogP contribution in [0.3, 0.4) is 0 Å². The Kier molecular flexibility index (Phi) is 4.75. The van der Waals surface area contributed by atoms with Gasteiger partial charge in [0, 0.05) is 14.5 Å². The van der Waals surface area contributed by atoms with Crippen LogP contribution in [0.1, 0.15) is 17.2 Å². The van der Waals surface area contributed by atoms with Gasteiger partial charge in [0.25, 0.3) is 0 Å². The summed E-state index contributed by atoms with van der Waals surface area (Å²) in [5, 5.41) is 10.1. The highest BCUT2D eigenvalue weighted by Crippen LogP contribution is 2.27. The normalized spacial score (nSPS) is 12.4. The summed E-state index contributed by atoms with van der Waals surface area (Å²) < 4.78 is 15.0. The van der Waals surface area contributed by atoms with E-state index < -0.39 is 6.10 Å². The number of hydrogen-bond donors (Lipinski definition) is 1. The van der Waals surface area contributed by atoms with Crippen molar-refractivity contribution in [1.29, 1.82) is 0 Å². The average Bonchev–Trinajstić information content (AvgIpc) is 2.35. The van der Waals surface area contributed by atoms with Gasteiger partial charge in [0.15, 0.2) is 0 Å². The fourth-order valence-corrected chi connectivity index (χ4v) is 2.59. The molecule has 0 amide bonds. The van der Waals surface area contributed by atoms with Crippen molar-refractivity contribution in [3.63, 3.8) is 0 Å². The van der Waals surface area contributed by atoms with Crippen molar-refractivity contribution >= 4 is 38.5 Å². The Morgan fingerprint density at radius 3 is 2.50 bits per heavy atom. The zero-order chi connectivity index (χ0) is 13.1. The quantitative estimate of drug-likeness (QED) is 0.726. The molecule has 18 heavy (non-hydrogen) atoms. The lowest BCUT2D eigenvalue weighted by Gasteiger charge is -2.13. The van der Waals surface area contributed by atoms with Crippen molar-refractivity contribution in [2.24, 2.45) is 0 Å². The summed E-state index contributed by atoms with van der Waals surface area (Å²) in [4.78, 5) is 0. The Balaban J connectivity index is 2.18. The first-order valence-corrected chi connectivity index (χ1v) is 7.31. The van der Waals surface area contributed by atoms with E-state index in [2.05, 4.69) is 38.5 Å².